The van der Waals surface area contributed by atoms with E-state index in [1.165, 1.54) is 12.0 Å². The molecule has 1 saturated heterocycles. The van der Waals surface area contributed by atoms with Gasteiger partial charge >= 0.3 is 6.09 Å². The molecule has 0 saturated carbocycles. The van der Waals surface area contributed by atoms with Gasteiger partial charge in [0.15, 0.2) is 0 Å². The fraction of sp³-hybridized carbons (Fsp3) is 0.467. The first-order valence-electron chi connectivity index (χ1n) is 7.52. The number of carbonyl (C=O) groups is 2. The fourth-order valence-electron chi connectivity index (χ4n) is 2.78. The summed E-state index contributed by atoms with van der Waals surface area (Å²) in [7, 11) is 1.33. The number of aromatic nitrogens is 2. The molecule has 1 aliphatic heterocycles. The largest absolute Gasteiger partial charge is 0.453 e. The second kappa shape index (κ2) is 6.64. The maximum atomic E-state index is 12.4. The van der Waals surface area contributed by atoms with E-state index in [-0.39, 0.29) is 5.91 Å². The lowest BCUT2D eigenvalue weighted by molar-refractivity contribution is -0.127. The Morgan fingerprint density at radius 2 is 2.17 bits per heavy atom. The lowest BCUT2D eigenvalue weighted by Crippen LogP contribution is -2.51. The Labute approximate surface area is 132 Å². The topological polar surface area (TPSA) is 97.6 Å². The predicted octanol–water partition coefficient (Wildman–Crippen LogP) is 1.46. The molecule has 1 fully saturated rings. The van der Waals surface area contributed by atoms with Gasteiger partial charge in [0.2, 0.25) is 5.91 Å². The Morgan fingerprint density at radius 3 is 3.00 bits per heavy atom. The van der Waals surface area contributed by atoms with Crippen LogP contribution in [0.15, 0.2) is 22.8 Å². The van der Waals surface area contributed by atoms with Gasteiger partial charge in [-0.1, -0.05) is 6.07 Å². The zero-order valence-corrected chi connectivity index (χ0v) is 12.8. The van der Waals surface area contributed by atoms with Crippen LogP contribution in [-0.4, -0.2) is 46.9 Å². The highest BCUT2D eigenvalue weighted by atomic mass is 16.6. The third-order valence-electron chi connectivity index (χ3n) is 4.00. The number of hydrogen-bond acceptors (Lipinski definition) is 6. The average molecular weight is 318 g/mol. The van der Waals surface area contributed by atoms with Crippen LogP contribution in [0, 0.1) is 0 Å². The number of carbonyl (C=O) groups excluding carboxylic acids is 2. The number of methoxy groups -OCH3 is 1. The summed E-state index contributed by atoms with van der Waals surface area (Å²) in [4.78, 5) is 25.7. The van der Waals surface area contributed by atoms with Crippen molar-refractivity contribution in [1.29, 1.82) is 0 Å². The number of piperidine rings is 1. The molecule has 8 nitrogen and oxygen atoms in total. The number of benzene rings is 1. The van der Waals surface area contributed by atoms with Crippen LogP contribution in [0.5, 0.6) is 0 Å². The molecular weight excluding hydrogens is 300 g/mol. The van der Waals surface area contributed by atoms with Gasteiger partial charge in [-0.2, -0.15) is 0 Å². The molecule has 1 aromatic carbocycles. The molecule has 2 aromatic rings. The summed E-state index contributed by atoms with van der Waals surface area (Å²) in [5, 5.41) is 10.4. The van der Waals surface area contributed by atoms with Crippen molar-refractivity contribution < 1.29 is 19.0 Å². The number of nitrogens with one attached hydrogen (secondary N) is 1. The maximum absolute atomic E-state index is 12.4. The smallest absolute Gasteiger partial charge is 0.410 e. The van der Waals surface area contributed by atoms with Crippen molar-refractivity contribution in [3.05, 3.63) is 23.8 Å². The number of hydrogen-bond donors (Lipinski definition) is 1. The summed E-state index contributed by atoms with van der Waals surface area (Å²) in [6, 6.07) is 4.97. The average Bonchev–Trinajstić information content (AvgIpc) is 3.06. The Hall–Kier alpha value is -2.64. The highest BCUT2D eigenvalue weighted by molar-refractivity contribution is 5.86. The van der Waals surface area contributed by atoms with E-state index >= 15 is 0 Å². The molecule has 0 bridgehead atoms. The minimum absolute atomic E-state index is 0.173. The summed E-state index contributed by atoms with van der Waals surface area (Å²) < 4.78 is 9.40. The van der Waals surface area contributed by atoms with Crippen molar-refractivity contribution >= 4 is 23.0 Å². The van der Waals surface area contributed by atoms with Crippen LogP contribution in [0.2, 0.25) is 0 Å². The standard InChI is InChI=1S/C15H18N4O4/c1-22-15(21)19-7-3-2-4-13(19)14(20)16-9-10-5-6-11-12(8-10)18-23-17-11/h5-6,8,13H,2-4,7,9H2,1H3,(H,16,20). The van der Waals surface area contributed by atoms with Crippen LogP contribution in [0.3, 0.4) is 0 Å². The second-order valence-corrected chi connectivity index (χ2v) is 5.48. The second-order valence-electron chi connectivity index (χ2n) is 5.48. The van der Waals surface area contributed by atoms with E-state index in [1.54, 1.807) is 6.07 Å². The zero-order chi connectivity index (χ0) is 16.2. The van der Waals surface area contributed by atoms with Crippen molar-refractivity contribution in [1.82, 2.24) is 20.5 Å². The highest BCUT2D eigenvalue weighted by Gasteiger charge is 2.32. The third-order valence-corrected chi connectivity index (χ3v) is 4.00. The molecule has 8 heteroatoms. The van der Waals surface area contributed by atoms with Gasteiger partial charge in [-0.05, 0) is 47.3 Å². The minimum Gasteiger partial charge on any atom is -0.453 e. The molecule has 2 heterocycles. The Kier molecular flexibility index (Phi) is 4.40. The molecule has 23 heavy (non-hydrogen) atoms. The first-order chi connectivity index (χ1) is 11.2. The Bertz CT molecular complexity index is 714. The van der Waals surface area contributed by atoms with Crippen LogP contribution in [0.4, 0.5) is 4.79 Å². The van der Waals surface area contributed by atoms with E-state index in [0.717, 1.165) is 18.4 Å². The first-order valence-corrected chi connectivity index (χ1v) is 7.52. The monoisotopic (exact) mass is 318 g/mol. The minimum atomic E-state index is -0.478. The molecule has 0 aliphatic carbocycles. The van der Waals surface area contributed by atoms with Gasteiger partial charge in [0.05, 0.1) is 7.11 Å². The molecule has 0 spiro atoms. The number of nitrogens with zero attached hydrogens (tertiary/aromatic N) is 3. The SMILES string of the molecule is COC(=O)N1CCCCC1C(=O)NCc1ccc2nonc2c1. The molecule has 3 rings (SSSR count). The lowest BCUT2D eigenvalue weighted by Gasteiger charge is -2.33. The molecule has 1 aliphatic rings. The molecule has 0 radical (unpaired) electrons. The van der Waals surface area contributed by atoms with Gasteiger partial charge in [0.1, 0.15) is 17.1 Å². The molecule has 1 aromatic heterocycles. The number of fused-ring (bicyclic) bond motifs is 1. The van der Waals surface area contributed by atoms with Gasteiger partial charge in [-0.15, -0.1) is 0 Å². The lowest BCUT2D eigenvalue weighted by atomic mass is 10.0. The summed E-state index contributed by atoms with van der Waals surface area (Å²) in [5.41, 5.74) is 2.21. The van der Waals surface area contributed by atoms with Crippen molar-refractivity contribution in [2.75, 3.05) is 13.7 Å². The van der Waals surface area contributed by atoms with Gasteiger partial charge in [0.25, 0.3) is 0 Å². The van der Waals surface area contributed by atoms with Gasteiger partial charge in [0, 0.05) is 13.1 Å². The normalized spacial score (nSPS) is 18.0. The summed E-state index contributed by atoms with van der Waals surface area (Å²) in [5.74, 6) is -0.173. The van der Waals surface area contributed by atoms with Crippen LogP contribution in [-0.2, 0) is 16.1 Å². The Balaban J connectivity index is 1.64. The van der Waals surface area contributed by atoms with Gasteiger partial charge in [-0.3, -0.25) is 9.69 Å². The Morgan fingerprint density at radius 1 is 1.35 bits per heavy atom. The molecule has 1 atom stereocenters. The van der Waals surface area contributed by atoms with Crippen molar-refractivity contribution in [2.45, 2.75) is 31.8 Å². The molecule has 1 N–H and O–H groups in total. The summed E-state index contributed by atoms with van der Waals surface area (Å²) >= 11 is 0. The number of likely N-dealkylation sites (tertiary alicyclic amines) is 1. The van der Waals surface area contributed by atoms with E-state index in [2.05, 4.69) is 20.3 Å². The molecule has 2 amide bonds. The van der Waals surface area contributed by atoms with E-state index in [1.807, 2.05) is 12.1 Å². The van der Waals surface area contributed by atoms with E-state index in [9.17, 15) is 9.59 Å². The molecular formula is C15H18N4O4. The van der Waals surface area contributed by atoms with Crippen LogP contribution >= 0.6 is 0 Å². The van der Waals surface area contributed by atoms with Crippen molar-refractivity contribution in [3.63, 3.8) is 0 Å². The van der Waals surface area contributed by atoms with Gasteiger partial charge in [-0.25, -0.2) is 9.42 Å². The maximum Gasteiger partial charge on any atom is 0.410 e. The van der Waals surface area contributed by atoms with Crippen molar-refractivity contribution in [3.8, 4) is 0 Å². The molecule has 122 valence electrons. The summed E-state index contributed by atoms with van der Waals surface area (Å²) in [6.45, 7) is 0.897. The van der Waals surface area contributed by atoms with Crippen LogP contribution in [0.25, 0.3) is 11.0 Å². The highest BCUT2D eigenvalue weighted by Crippen LogP contribution is 2.18. The third kappa shape index (κ3) is 3.25. The predicted molar refractivity (Wildman–Crippen MR) is 80.4 cm³/mol. The zero-order valence-electron chi connectivity index (χ0n) is 12.8. The quantitative estimate of drug-likeness (QED) is 0.920. The van der Waals surface area contributed by atoms with Gasteiger partial charge < -0.3 is 10.1 Å². The van der Waals surface area contributed by atoms with E-state index in [4.69, 9.17) is 4.74 Å². The van der Waals surface area contributed by atoms with E-state index < -0.39 is 12.1 Å². The van der Waals surface area contributed by atoms with Crippen LogP contribution in [0.1, 0.15) is 24.8 Å². The van der Waals surface area contributed by atoms with Crippen molar-refractivity contribution in [2.24, 2.45) is 0 Å². The number of ether oxygens (including phenoxy) is 1. The number of amides is 2. The first kappa shape index (κ1) is 15.3. The van der Waals surface area contributed by atoms with E-state index in [0.29, 0.717) is 30.5 Å². The molecule has 1 unspecified atom stereocenters. The summed E-state index contributed by atoms with van der Waals surface area (Å²) in [6.07, 6.45) is 1.99. The van der Waals surface area contributed by atoms with Crippen LogP contribution < -0.4 is 5.32 Å². The number of rotatable bonds is 3. The fourth-order valence-corrected chi connectivity index (χ4v) is 2.78.